The Labute approximate surface area is 186 Å². The standard InChI is InChI=1S/C22H26N8O2/c1-4-16-21-27-26-13(2)29(21)18-12-24-19(25-20(18)30(16)14-7-5-6-8-14)15-9-10-23-11-17(15)28(3)22(31)32/h9-12,14,16H,4-8H2,1-3H3,(H,31,32). The first-order valence-electron chi connectivity index (χ1n) is 11.0. The third-order valence-electron chi connectivity index (χ3n) is 6.51. The summed E-state index contributed by atoms with van der Waals surface area (Å²) in [6.07, 6.45) is 9.41. The summed E-state index contributed by atoms with van der Waals surface area (Å²) >= 11 is 0. The van der Waals surface area contributed by atoms with Gasteiger partial charge in [0.25, 0.3) is 0 Å². The maximum absolute atomic E-state index is 11.6. The molecule has 1 unspecified atom stereocenters. The van der Waals surface area contributed by atoms with Gasteiger partial charge in [0.05, 0.1) is 24.1 Å². The first-order valence-corrected chi connectivity index (χ1v) is 11.0. The Morgan fingerprint density at radius 1 is 1.25 bits per heavy atom. The van der Waals surface area contributed by atoms with E-state index < -0.39 is 6.09 Å². The highest BCUT2D eigenvalue weighted by atomic mass is 16.4. The van der Waals surface area contributed by atoms with E-state index in [-0.39, 0.29) is 6.04 Å². The van der Waals surface area contributed by atoms with Gasteiger partial charge in [0, 0.05) is 24.8 Å². The predicted molar refractivity (Wildman–Crippen MR) is 119 cm³/mol. The summed E-state index contributed by atoms with van der Waals surface area (Å²) in [5.41, 5.74) is 1.93. The molecule has 1 saturated carbocycles. The van der Waals surface area contributed by atoms with Gasteiger partial charge in [0.1, 0.15) is 11.5 Å². The van der Waals surface area contributed by atoms with Crippen molar-refractivity contribution in [2.24, 2.45) is 0 Å². The fourth-order valence-electron chi connectivity index (χ4n) is 4.94. The Hall–Kier alpha value is -3.56. The van der Waals surface area contributed by atoms with Crippen LogP contribution in [-0.2, 0) is 0 Å². The smallest absolute Gasteiger partial charge is 0.411 e. The first kappa shape index (κ1) is 20.3. The number of carboxylic acid groups (broad SMARTS) is 1. The lowest BCUT2D eigenvalue weighted by molar-refractivity contribution is 0.203. The van der Waals surface area contributed by atoms with Crippen LogP contribution in [0.2, 0.25) is 0 Å². The Bertz CT molecular complexity index is 1170. The second-order valence-electron chi connectivity index (χ2n) is 8.35. The number of aromatic nitrogens is 6. The van der Waals surface area contributed by atoms with E-state index in [9.17, 15) is 9.90 Å². The number of hydrogen-bond donors (Lipinski definition) is 1. The summed E-state index contributed by atoms with van der Waals surface area (Å²) < 4.78 is 2.05. The normalized spacial score (nSPS) is 17.8. The van der Waals surface area contributed by atoms with Gasteiger partial charge < -0.3 is 10.0 Å². The van der Waals surface area contributed by atoms with Gasteiger partial charge in [-0.15, -0.1) is 10.2 Å². The van der Waals surface area contributed by atoms with E-state index in [4.69, 9.17) is 4.98 Å². The van der Waals surface area contributed by atoms with Crippen LogP contribution in [0.1, 0.15) is 56.7 Å². The Morgan fingerprint density at radius 2 is 2.03 bits per heavy atom. The van der Waals surface area contributed by atoms with E-state index in [1.165, 1.54) is 26.1 Å². The molecule has 1 N–H and O–H groups in total. The number of amides is 1. The molecule has 1 amide bonds. The van der Waals surface area contributed by atoms with Crippen LogP contribution in [0, 0.1) is 6.92 Å². The lowest BCUT2D eigenvalue weighted by atomic mass is 10.0. The average molecular weight is 435 g/mol. The summed E-state index contributed by atoms with van der Waals surface area (Å²) in [7, 11) is 1.49. The van der Waals surface area contributed by atoms with Crippen molar-refractivity contribution in [2.45, 2.75) is 58.0 Å². The highest BCUT2D eigenvalue weighted by Crippen LogP contribution is 2.44. The van der Waals surface area contributed by atoms with Gasteiger partial charge in [-0.1, -0.05) is 19.8 Å². The number of rotatable bonds is 4. The Morgan fingerprint density at radius 3 is 2.75 bits per heavy atom. The van der Waals surface area contributed by atoms with E-state index in [0.717, 1.165) is 47.3 Å². The second-order valence-corrected chi connectivity index (χ2v) is 8.35. The topological polar surface area (TPSA) is 113 Å². The summed E-state index contributed by atoms with van der Waals surface area (Å²) in [6, 6.07) is 2.21. The van der Waals surface area contributed by atoms with Crippen LogP contribution in [-0.4, -0.2) is 54.0 Å². The molecule has 1 atom stereocenters. The Kier molecular flexibility index (Phi) is 4.99. The Balaban J connectivity index is 1.70. The van der Waals surface area contributed by atoms with Crippen LogP contribution in [0.15, 0.2) is 24.7 Å². The number of aryl methyl sites for hydroxylation is 1. The number of anilines is 2. The second kappa shape index (κ2) is 7.85. The molecule has 10 heteroatoms. The number of nitrogens with zero attached hydrogens (tertiary/aromatic N) is 8. The molecule has 5 rings (SSSR count). The van der Waals surface area contributed by atoms with Gasteiger partial charge in [0.15, 0.2) is 17.5 Å². The van der Waals surface area contributed by atoms with E-state index in [1.54, 1.807) is 18.5 Å². The van der Waals surface area contributed by atoms with Crippen molar-refractivity contribution >= 4 is 17.6 Å². The number of fused-ring (bicyclic) bond motifs is 3. The van der Waals surface area contributed by atoms with Crippen molar-refractivity contribution in [1.82, 2.24) is 29.7 Å². The minimum absolute atomic E-state index is 0.0770. The molecule has 0 radical (unpaired) electrons. The van der Waals surface area contributed by atoms with Crippen molar-refractivity contribution in [3.8, 4) is 17.1 Å². The molecular formula is C22H26N8O2. The largest absolute Gasteiger partial charge is 0.465 e. The van der Waals surface area contributed by atoms with Crippen molar-refractivity contribution in [3.63, 3.8) is 0 Å². The molecule has 4 heterocycles. The highest BCUT2D eigenvalue weighted by molar-refractivity contribution is 5.91. The summed E-state index contributed by atoms with van der Waals surface area (Å²) in [4.78, 5) is 28.9. The molecule has 166 valence electrons. The molecule has 1 fully saturated rings. The summed E-state index contributed by atoms with van der Waals surface area (Å²) in [6.45, 7) is 4.10. The van der Waals surface area contributed by atoms with E-state index in [2.05, 4.69) is 36.6 Å². The average Bonchev–Trinajstić information content (AvgIpc) is 3.47. The third-order valence-corrected chi connectivity index (χ3v) is 6.51. The number of carbonyl (C=O) groups is 1. The highest BCUT2D eigenvalue weighted by Gasteiger charge is 2.39. The molecule has 1 aliphatic heterocycles. The minimum Gasteiger partial charge on any atom is -0.465 e. The van der Waals surface area contributed by atoms with Crippen LogP contribution in [0.25, 0.3) is 17.1 Å². The first-order chi connectivity index (χ1) is 15.5. The zero-order valence-electron chi connectivity index (χ0n) is 18.4. The molecule has 10 nitrogen and oxygen atoms in total. The van der Waals surface area contributed by atoms with Gasteiger partial charge in [-0.25, -0.2) is 14.8 Å². The fourth-order valence-corrected chi connectivity index (χ4v) is 4.94. The molecule has 3 aromatic rings. The molecular weight excluding hydrogens is 408 g/mol. The van der Waals surface area contributed by atoms with Gasteiger partial charge in [-0.05, 0) is 32.3 Å². The zero-order valence-corrected chi connectivity index (χ0v) is 18.4. The molecule has 3 aromatic heterocycles. The zero-order chi connectivity index (χ0) is 22.4. The minimum atomic E-state index is -1.07. The number of pyridine rings is 1. The summed E-state index contributed by atoms with van der Waals surface area (Å²) in [5.74, 6) is 3.06. The van der Waals surface area contributed by atoms with Crippen LogP contribution in [0.3, 0.4) is 0 Å². The molecule has 1 aliphatic carbocycles. The lowest BCUT2D eigenvalue weighted by Gasteiger charge is -2.41. The molecule has 0 bridgehead atoms. The van der Waals surface area contributed by atoms with Crippen molar-refractivity contribution in [1.29, 1.82) is 0 Å². The van der Waals surface area contributed by atoms with Gasteiger partial charge in [-0.3, -0.25) is 14.5 Å². The molecule has 0 aromatic carbocycles. The van der Waals surface area contributed by atoms with Crippen molar-refractivity contribution in [2.75, 3.05) is 16.8 Å². The predicted octanol–water partition coefficient (Wildman–Crippen LogP) is 3.76. The van der Waals surface area contributed by atoms with Crippen molar-refractivity contribution in [3.05, 3.63) is 36.3 Å². The maximum atomic E-state index is 11.6. The van der Waals surface area contributed by atoms with Gasteiger partial charge >= 0.3 is 6.09 Å². The van der Waals surface area contributed by atoms with Crippen LogP contribution < -0.4 is 9.80 Å². The van der Waals surface area contributed by atoms with Crippen LogP contribution in [0.5, 0.6) is 0 Å². The number of hydrogen-bond acceptors (Lipinski definition) is 7. The summed E-state index contributed by atoms with van der Waals surface area (Å²) in [5, 5.41) is 18.3. The van der Waals surface area contributed by atoms with E-state index in [0.29, 0.717) is 23.1 Å². The van der Waals surface area contributed by atoms with Crippen LogP contribution in [0.4, 0.5) is 16.3 Å². The SMILES string of the molecule is CCC1c2nnc(C)n2-c2cnc(-c3ccncc3N(C)C(=O)O)nc2N1C1CCCC1. The molecule has 0 saturated heterocycles. The molecule has 2 aliphatic rings. The lowest BCUT2D eigenvalue weighted by Crippen LogP contribution is -2.42. The molecule has 0 spiro atoms. The monoisotopic (exact) mass is 434 g/mol. The fraction of sp³-hybridized carbons (Fsp3) is 0.455. The quantitative estimate of drug-likeness (QED) is 0.660. The van der Waals surface area contributed by atoms with Crippen LogP contribution >= 0.6 is 0 Å². The van der Waals surface area contributed by atoms with E-state index >= 15 is 0 Å². The van der Waals surface area contributed by atoms with Crippen molar-refractivity contribution < 1.29 is 9.90 Å². The van der Waals surface area contributed by atoms with Gasteiger partial charge in [-0.2, -0.15) is 0 Å². The third kappa shape index (κ3) is 3.09. The molecule has 32 heavy (non-hydrogen) atoms. The maximum Gasteiger partial charge on any atom is 0.411 e. The van der Waals surface area contributed by atoms with E-state index in [1.807, 2.05) is 6.92 Å². The van der Waals surface area contributed by atoms with Gasteiger partial charge in [0.2, 0.25) is 0 Å².